The van der Waals surface area contributed by atoms with E-state index >= 15 is 4.39 Å². The maximum absolute atomic E-state index is 15.0. The van der Waals surface area contributed by atoms with Gasteiger partial charge in [0.05, 0.1) is 18.7 Å². The highest BCUT2D eigenvalue weighted by Crippen LogP contribution is 2.33. The zero-order chi connectivity index (χ0) is 21.1. The van der Waals surface area contributed by atoms with E-state index in [1.807, 2.05) is 61.7 Å². The molecule has 1 amide bonds. The van der Waals surface area contributed by atoms with Crippen LogP contribution in [0.2, 0.25) is 0 Å². The van der Waals surface area contributed by atoms with E-state index in [-0.39, 0.29) is 11.5 Å². The van der Waals surface area contributed by atoms with Crippen molar-refractivity contribution in [2.45, 2.75) is 20.0 Å². The molecule has 0 saturated heterocycles. The number of aliphatic imine (C=N–C) groups is 1. The highest BCUT2D eigenvalue weighted by atomic mass is 19.1. The monoisotopic (exact) mass is 402 g/mol. The van der Waals surface area contributed by atoms with Crippen LogP contribution in [0.3, 0.4) is 0 Å². The molecule has 1 heterocycles. The number of nitrogens with zero attached hydrogens (tertiary/aromatic N) is 2. The van der Waals surface area contributed by atoms with Crippen molar-refractivity contribution in [1.29, 1.82) is 0 Å². The predicted molar refractivity (Wildman–Crippen MR) is 117 cm³/mol. The molecule has 152 valence electrons. The maximum atomic E-state index is 15.0. The highest BCUT2D eigenvalue weighted by molar-refractivity contribution is 5.96. The van der Waals surface area contributed by atoms with E-state index in [0.717, 1.165) is 22.3 Å². The van der Waals surface area contributed by atoms with Crippen molar-refractivity contribution < 1.29 is 13.9 Å². The second-order valence-corrected chi connectivity index (χ2v) is 7.24. The van der Waals surface area contributed by atoms with Gasteiger partial charge in [-0.05, 0) is 41.3 Å². The predicted octanol–water partition coefficient (Wildman–Crippen LogP) is 5.10. The molecule has 0 radical (unpaired) electrons. The van der Waals surface area contributed by atoms with Gasteiger partial charge in [-0.2, -0.15) is 0 Å². The summed E-state index contributed by atoms with van der Waals surface area (Å²) in [6, 6.07) is 18.3. The van der Waals surface area contributed by atoms with Gasteiger partial charge in [-0.15, -0.1) is 0 Å². The number of rotatable bonds is 6. The minimum absolute atomic E-state index is 0.00413. The Morgan fingerprint density at radius 3 is 2.70 bits per heavy atom. The van der Waals surface area contributed by atoms with Crippen LogP contribution in [0.25, 0.3) is 11.1 Å². The van der Waals surface area contributed by atoms with Crippen molar-refractivity contribution in [1.82, 2.24) is 4.90 Å². The summed E-state index contributed by atoms with van der Waals surface area (Å²) in [5, 5.41) is 0. The first-order chi connectivity index (χ1) is 14.6. The van der Waals surface area contributed by atoms with Gasteiger partial charge in [-0.1, -0.05) is 48.5 Å². The van der Waals surface area contributed by atoms with E-state index in [9.17, 15) is 4.79 Å². The van der Waals surface area contributed by atoms with E-state index < -0.39 is 5.82 Å². The van der Waals surface area contributed by atoms with E-state index in [1.54, 1.807) is 7.05 Å². The molecule has 0 bridgehead atoms. The number of hydrogen-bond donors (Lipinski definition) is 0. The molecule has 0 N–H and O–H groups in total. The number of ether oxygens (including phenoxy) is 1. The molecule has 0 saturated carbocycles. The second kappa shape index (κ2) is 8.49. The van der Waals surface area contributed by atoms with Gasteiger partial charge in [0.25, 0.3) is 5.91 Å². The Morgan fingerprint density at radius 1 is 1.13 bits per heavy atom. The molecule has 30 heavy (non-hydrogen) atoms. The third kappa shape index (κ3) is 3.83. The lowest BCUT2D eigenvalue weighted by atomic mass is 10.0. The second-order valence-electron chi connectivity index (χ2n) is 7.24. The molecule has 3 aromatic rings. The lowest BCUT2D eigenvalue weighted by molar-refractivity contribution is 0.0779. The average Bonchev–Trinajstić information content (AvgIpc) is 3.25. The first kappa shape index (κ1) is 19.8. The molecule has 0 unspecified atom stereocenters. The number of benzene rings is 3. The molecular formula is C25H23FN2O2. The van der Waals surface area contributed by atoms with Crippen LogP contribution in [-0.4, -0.2) is 30.7 Å². The fraction of sp³-hybridized carbons (Fsp3) is 0.200. The van der Waals surface area contributed by atoms with Crippen LogP contribution >= 0.6 is 0 Å². The van der Waals surface area contributed by atoms with Crippen molar-refractivity contribution in [3.8, 4) is 16.9 Å². The third-order valence-electron chi connectivity index (χ3n) is 5.23. The van der Waals surface area contributed by atoms with Crippen molar-refractivity contribution in [3.63, 3.8) is 0 Å². The number of amides is 1. The number of hydrogen-bond acceptors (Lipinski definition) is 3. The fourth-order valence-electron chi connectivity index (χ4n) is 3.72. The quantitative estimate of drug-likeness (QED) is 0.576. The largest absolute Gasteiger partial charge is 0.493 e. The average molecular weight is 402 g/mol. The first-order valence-electron chi connectivity index (χ1n) is 9.96. The SMILES string of the molecule is CCOc1cc(C(=O)N(C)Cc2cccc3c2CN=C3)c(F)cc1-c1ccccc1. The lowest BCUT2D eigenvalue weighted by Crippen LogP contribution is -2.27. The Balaban J connectivity index is 1.64. The molecule has 0 atom stereocenters. The molecule has 0 aliphatic carbocycles. The van der Waals surface area contributed by atoms with Crippen molar-refractivity contribution in [2.24, 2.45) is 4.99 Å². The van der Waals surface area contributed by atoms with Crippen LogP contribution in [0.15, 0.2) is 65.7 Å². The molecule has 1 aliphatic rings. The molecule has 0 aromatic heterocycles. The van der Waals surface area contributed by atoms with E-state index in [0.29, 0.717) is 31.0 Å². The van der Waals surface area contributed by atoms with E-state index in [4.69, 9.17) is 4.74 Å². The van der Waals surface area contributed by atoms with E-state index in [2.05, 4.69) is 4.99 Å². The smallest absolute Gasteiger partial charge is 0.257 e. The molecule has 0 fully saturated rings. The van der Waals surface area contributed by atoms with Gasteiger partial charge in [-0.3, -0.25) is 9.79 Å². The maximum Gasteiger partial charge on any atom is 0.257 e. The Labute approximate surface area is 175 Å². The van der Waals surface area contributed by atoms with Gasteiger partial charge in [-0.25, -0.2) is 4.39 Å². The zero-order valence-corrected chi connectivity index (χ0v) is 17.1. The van der Waals surface area contributed by atoms with Crippen LogP contribution in [0.4, 0.5) is 4.39 Å². The minimum atomic E-state index is -0.559. The van der Waals surface area contributed by atoms with Crippen LogP contribution in [-0.2, 0) is 13.1 Å². The molecular weight excluding hydrogens is 379 g/mol. The summed E-state index contributed by atoms with van der Waals surface area (Å²) >= 11 is 0. The zero-order valence-electron chi connectivity index (χ0n) is 17.1. The number of fused-ring (bicyclic) bond motifs is 1. The lowest BCUT2D eigenvalue weighted by Gasteiger charge is -2.20. The summed E-state index contributed by atoms with van der Waals surface area (Å²) in [5.41, 5.74) is 4.69. The summed E-state index contributed by atoms with van der Waals surface area (Å²) in [6.45, 7) is 3.28. The van der Waals surface area contributed by atoms with Crippen molar-refractivity contribution in [3.05, 3.63) is 88.7 Å². The summed E-state index contributed by atoms with van der Waals surface area (Å²) in [7, 11) is 1.68. The molecule has 5 heteroatoms. The standard InChI is InChI=1S/C25H23FN2O2/c1-3-30-24-13-21(23(26)12-20(24)17-8-5-4-6-9-17)25(29)28(2)16-19-11-7-10-18-14-27-15-22(18)19/h4-14H,3,15-16H2,1-2H3. The Hall–Kier alpha value is -3.47. The van der Waals surface area contributed by atoms with Crippen LogP contribution in [0, 0.1) is 5.82 Å². The third-order valence-corrected chi connectivity index (χ3v) is 5.23. The summed E-state index contributed by atoms with van der Waals surface area (Å²) in [5.74, 6) is -0.448. The fourth-order valence-corrected chi connectivity index (χ4v) is 3.72. The van der Waals surface area contributed by atoms with Crippen LogP contribution in [0.5, 0.6) is 5.75 Å². The Bertz CT molecular complexity index is 1110. The Morgan fingerprint density at radius 2 is 1.93 bits per heavy atom. The van der Waals surface area contributed by atoms with Gasteiger partial charge in [0, 0.05) is 25.4 Å². The van der Waals surface area contributed by atoms with Gasteiger partial charge in [0.1, 0.15) is 11.6 Å². The molecule has 3 aromatic carbocycles. The molecule has 4 nitrogen and oxygen atoms in total. The number of halogens is 1. The summed E-state index contributed by atoms with van der Waals surface area (Å²) in [6.07, 6.45) is 1.84. The molecule has 4 rings (SSSR count). The minimum Gasteiger partial charge on any atom is -0.493 e. The van der Waals surface area contributed by atoms with Crippen LogP contribution in [0.1, 0.15) is 34.0 Å². The normalized spacial score (nSPS) is 12.0. The Kier molecular flexibility index (Phi) is 5.61. The number of carbonyl (C=O) groups excluding carboxylic acids is 1. The van der Waals surface area contributed by atoms with Crippen molar-refractivity contribution in [2.75, 3.05) is 13.7 Å². The van der Waals surface area contributed by atoms with E-state index in [1.165, 1.54) is 17.0 Å². The van der Waals surface area contributed by atoms with Gasteiger partial charge >= 0.3 is 0 Å². The summed E-state index contributed by atoms with van der Waals surface area (Å²) < 4.78 is 20.7. The van der Waals surface area contributed by atoms with Crippen molar-refractivity contribution >= 4 is 12.1 Å². The molecule has 1 aliphatic heterocycles. The van der Waals surface area contributed by atoms with Gasteiger partial charge in [0.15, 0.2) is 0 Å². The molecule has 0 spiro atoms. The highest BCUT2D eigenvalue weighted by Gasteiger charge is 2.22. The summed E-state index contributed by atoms with van der Waals surface area (Å²) in [4.78, 5) is 18.9. The topological polar surface area (TPSA) is 41.9 Å². The first-order valence-corrected chi connectivity index (χ1v) is 9.96. The van der Waals surface area contributed by atoms with Gasteiger partial charge in [0.2, 0.25) is 0 Å². The van der Waals surface area contributed by atoms with Crippen LogP contribution < -0.4 is 4.74 Å². The number of carbonyl (C=O) groups is 1. The van der Waals surface area contributed by atoms with Gasteiger partial charge < -0.3 is 9.64 Å².